The summed E-state index contributed by atoms with van der Waals surface area (Å²) in [6.45, 7) is 9.43. The monoisotopic (exact) mass is 487 g/mol. The van der Waals surface area contributed by atoms with Gasteiger partial charge in [0.15, 0.2) is 0 Å². The number of benzene rings is 1. The fourth-order valence-corrected chi connectivity index (χ4v) is 6.41. The van der Waals surface area contributed by atoms with Gasteiger partial charge in [-0.2, -0.15) is 4.98 Å². The van der Waals surface area contributed by atoms with Gasteiger partial charge in [0, 0.05) is 75.6 Å². The van der Waals surface area contributed by atoms with Crippen LogP contribution in [0.15, 0.2) is 36.9 Å². The van der Waals surface area contributed by atoms with Crippen molar-refractivity contribution in [1.82, 2.24) is 14.9 Å². The number of carbonyl (C=O) groups excluding carboxylic acids is 1. The summed E-state index contributed by atoms with van der Waals surface area (Å²) in [5.41, 5.74) is 11.6. The number of fused-ring (bicyclic) bond motifs is 2. The molecule has 1 amide bonds. The van der Waals surface area contributed by atoms with Gasteiger partial charge in [-0.25, -0.2) is 4.98 Å². The number of nitrogens with zero attached hydrogens (tertiary/aromatic N) is 6. The maximum atomic E-state index is 12.1. The number of aromatic nitrogens is 2. The van der Waals surface area contributed by atoms with E-state index in [1.807, 2.05) is 4.90 Å². The van der Waals surface area contributed by atoms with Gasteiger partial charge in [0.1, 0.15) is 5.82 Å². The third-order valence-electron chi connectivity index (χ3n) is 8.38. The van der Waals surface area contributed by atoms with Crippen molar-refractivity contribution in [3.8, 4) is 0 Å². The normalized spacial score (nSPS) is 23.9. The molecule has 4 aliphatic rings. The molecule has 4 heterocycles. The lowest BCUT2D eigenvalue weighted by Gasteiger charge is -2.41. The highest BCUT2D eigenvalue weighted by Crippen LogP contribution is 2.36. The van der Waals surface area contributed by atoms with Crippen LogP contribution in [0.4, 0.5) is 17.5 Å². The van der Waals surface area contributed by atoms with E-state index in [0.717, 1.165) is 70.2 Å². The average molecular weight is 488 g/mol. The Morgan fingerprint density at radius 3 is 2.61 bits per heavy atom. The molecule has 2 fully saturated rings. The fourth-order valence-electron chi connectivity index (χ4n) is 6.41. The van der Waals surface area contributed by atoms with Gasteiger partial charge < -0.3 is 25.3 Å². The first-order valence-electron chi connectivity index (χ1n) is 13.5. The van der Waals surface area contributed by atoms with Crippen LogP contribution in [0.3, 0.4) is 0 Å². The van der Waals surface area contributed by atoms with Gasteiger partial charge in [-0.05, 0) is 49.8 Å². The van der Waals surface area contributed by atoms with Gasteiger partial charge in [-0.3, -0.25) is 4.79 Å². The number of amides is 1. The van der Waals surface area contributed by atoms with Crippen LogP contribution in [-0.2, 0) is 24.1 Å². The first-order chi connectivity index (χ1) is 17.6. The number of nitrogens with two attached hydrogens (primary N) is 1. The molecule has 1 aromatic carbocycles. The molecule has 190 valence electrons. The van der Waals surface area contributed by atoms with Gasteiger partial charge >= 0.3 is 0 Å². The Morgan fingerprint density at radius 2 is 1.83 bits per heavy atom. The lowest BCUT2D eigenvalue weighted by Crippen LogP contribution is -2.49. The first-order valence-corrected chi connectivity index (χ1v) is 13.5. The lowest BCUT2D eigenvalue weighted by molar-refractivity contribution is -0.126. The predicted molar refractivity (Wildman–Crippen MR) is 144 cm³/mol. The summed E-state index contributed by atoms with van der Waals surface area (Å²) in [5, 5.41) is 0. The Labute approximate surface area is 213 Å². The molecular weight excluding hydrogens is 450 g/mol. The third kappa shape index (κ3) is 4.32. The molecule has 0 bridgehead atoms. The molecule has 1 unspecified atom stereocenters. The number of aryl methyl sites for hydroxylation is 1. The molecule has 0 saturated carbocycles. The summed E-state index contributed by atoms with van der Waals surface area (Å²) >= 11 is 0. The van der Waals surface area contributed by atoms with Crippen molar-refractivity contribution in [1.29, 1.82) is 0 Å². The zero-order valence-corrected chi connectivity index (χ0v) is 21.1. The maximum absolute atomic E-state index is 12.1. The van der Waals surface area contributed by atoms with Crippen molar-refractivity contribution < 1.29 is 4.79 Å². The molecule has 36 heavy (non-hydrogen) atoms. The molecule has 2 saturated heterocycles. The minimum absolute atomic E-state index is 0.00997. The summed E-state index contributed by atoms with van der Waals surface area (Å²) in [6.07, 6.45) is 7.81. The Bertz CT molecular complexity index is 1140. The molecule has 2 N–H and O–H groups in total. The number of rotatable bonds is 4. The Hall–Kier alpha value is -3.13. The summed E-state index contributed by atoms with van der Waals surface area (Å²) < 4.78 is 0. The highest BCUT2D eigenvalue weighted by molar-refractivity contribution is 5.87. The van der Waals surface area contributed by atoms with Crippen LogP contribution in [0.5, 0.6) is 0 Å². The van der Waals surface area contributed by atoms with Crippen LogP contribution in [0.1, 0.15) is 36.1 Å². The van der Waals surface area contributed by atoms with Crippen LogP contribution in [-0.4, -0.2) is 78.7 Å². The van der Waals surface area contributed by atoms with Gasteiger partial charge in [0.2, 0.25) is 11.9 Å². The molecule has 3 aliphatic heterocycles. The number of hydrogen-bond donors (Lipinski definition) is 1. The summed E-state index contributed by atoms with van der Waals surface area (Å²) in [5.74, 6) is 1.90. The molecule has 1 aromatic heterocycles. The van der Waals surface area contributed by atoms with E-state index in [1.54, 1.807) is 0 Å². The maximum Gasteiger partial charge on any atom is 0.246 e. The van der Waals surface area contributed by atoms with Gasteiger partial charge in [-0.15, -0.1) is 0 Å². The molecule has 8 heteroatoms. The van der Waals surface area contributed by atoms with Gasteiger partial charge in [0.05, 0.1) is 5.69 Å². The first kappa shape index (κ1) is 23.3. The topological polar surface area (TPSA) is 81.8 Å². The van der Waals surface area contributed by atoms with Crippen molar-refractivity contribution in [2.24, 2.45) is 5.73 Å². The van der Waals surface area contributed by atoms with Crippen molar-refractivity contribution >= 4 is 23.4 Å². The Balaban J connectivity index is 1.30. The lowest BCUT2D eigenvalue weighted by atomic mass is 9.88. The average Bonchev–Trinajstić information content (AvgIpc) is 3.37. The quantitative estimate of drug-likeness (QED) is 0.662. The highest BCUT2D eigenvalue weighted by atomic mass is 16.2. The summed E-state index contributed by atoms with van der Waals surface area (Å²) in [6, 6.07) is 9.53. The number of piperazine rings is 1. The van der Waals surface area contributed by atoms with Gasteiger partial charge in [0.25, 0.3) is 0 Å². The highest BCUT2D eigenvalue weighted by Gasteiger charge is 2.33. The Morgan fingerprint density at radius 1 is 1.00 bits per heavy atom. The van der Waals surface area contributed by atoms with Crippen molar-refractivity contribution in [2.75, 3.05) is 60.5 Å². The van der Waals surface area contributed by atoms with Crippen LogP contribution < -0.4 is 20.4 Å². The molecule has 8 nitrogen and oxygen atoms in total. The Kier molecular flexibility index (Phi) is 6.29. The van der Waals surface area contributed by atoms with E-state index in [0.29, 0.717) is 19.1 Å². The molecular formula is C28H37N7O. The number of anilines is 3. The molecule has 0 spiro atoms. The molecule has 0 radical (unpaired) electrons. The number of para-hydroxylation sites is 1. The van der Waals surface area contributed by atoms with E-state index in [2.05, 4.69) is 45.5 Å². The summed E-state index contributed by atoms with van der Waals surface area (Å²) in [4.78, 5) is 31.6. The minimum atomic E-state index is 0.00997. The van der Waals surface area contributed by atoms with E-state index < -0.39 is 0 Å². The molecule has 6 rings (SSSR count). The van der Waals surface area contributed by atoms with E-state index in [4.69, 9.17) is 15.7 Å². The predicted octanol–water partition coefficient (Wildman–Crippen LogP) is 2.16. The third-order valence-corrected chi connectivity index (χ3v) is 8.38. The van der Waals surface area contributed by atoms with Crippen LogP contribution in [0, 0.1) is 0 Å². The van der Waals surface area contributed by atoms with E-state index in [9.17, 15) is 4.79 Å². The smallest absolute Gasteiger partial charge is 0.246 e. The summed E-state index contributed by atoms with van der Waals surface area (Å²) in [7, 11) is 0. The fraction of sp³-hybridized carbons (Fsp3) is 0.536. The zero-order chi connectivity index (χ0) is 24.6. The van der Waals surface area contributed by atoms with Crippen LogP contribution in [0.2, 0.25) is 0 Å². The van der Waals surface area contributed by atoms with Crippen molar-refractivity contribution in [3.05, 3.63) is 53.7 Å². The second-order valence-corrected chi connectivity index (χ2v) is 10.6. The van der Waals surface area contributed by atoms with Crippen LogP contribution >= 0.6 is 0 Å². The minimum Gasteiger partial charge on any atom is -0.368 e. The standard InChI is InChI=1S/C28H37N7O/c1-2-26(36)32-14-16-33(17-15-32)27-23-10-9-22(35-12-5-7-20-6-3-4-8-25(20)35)18-24(23)30-28(31-27)34-13-11-21(29)19-34/h2-4,6,8,21-22H,1,5,7,9-19,29H2/t21?,22-/m0/s1. The number of hydrogen-bond acceptors (Lipinski definition) is 7. The SMILES string of the molecule is C=CC(=O)N1CCN(c2nc(N3CCC(N)C3)nc3c2CC[C@H](N2CCCc4ccccc42)C3)CC1. The molecule has 2 aromatic rings. The number of carbonyl (C=O) groups is 1. The van der Waals surface area contributed by atoms with Crippen molar-refractivity contribution in [3.63, 3.8) is 0 Å². The van der Waals surface area contributed by atoms with E-state index >= 15 is 0 Å². The van der Waals surface area contributed by atoms with E-state index in [-0.39, 0.29) is 11.9 Å². The second-order valence-electron chi connectivity index (χ2n) is 10.6. The molecule has 1 aliphatic carbocycles. The largest absolute Gasteiger partial charge is 0.368 e. The second kappa shape index (κ2) is 9.73. The molecule has 2 atom stereocenters. The zero-order valence-electron chi connectivity index (χ0n) is 21.1. The van der Waals surface area contributed by atoms with Gasteiger partial charge in [-0.1, -0.05) is 24.8 Å². The van der Waals surface area contributed by atoms with Crippen molar-refractivity contribution in [2.45, 2.75) is 50.6 Å². The van der Waals surface area contributed by atoms with E-state index in [1.165, 1.54) is 41.4 Å². The van der Waals surface area contributed by atoms with Crippen LogP contribution in [0.25, 0.3) is 0 Å².